The Morgan fingerprint density at radius 1 is 1.04 bits per heavy atom. The third-order valence-corrected chi connectivity index (χ3v) is 3.99. The maximum Gasteiger partial charge on any atom is 0.254 e. The van der Waals surface area contributed by atoms with E-state index in [-0.39, 0.29) is 17.8 Å². The van der Waals surface area contributed by atoms with Crippen LogP contribution >= 0.6 is 11.6 Å². The molecule has 0 aliphatic rings. The predicted molar refractivity (Wildman–Crippen MR) is 94.8 cm³/mol. The molecule has 0 aliphatic heterocycles. The zero-order valence-electron chi connectivity index (χ0n) is 13.4. The molecule has 0 bridgehead atoms. The summed E-state index contributed by atoms with van der Waals surface area (Å²) in [6, 6.07) is 13.0. The zero-order valence-corrected chi connectivity index (χ0v) is 14.2. The molecule has 25 heavy (non-hydrogen) atoms. The molecule has 1 atom stereocenters. The fraction of sp³-hybridized carbons (Fsp3) is 0.105. The van der Waals surface area contributed by atoms with Gasteiger partial charge in [0.1, 0.15) is 5.82 Å². The molecule has 0 spiro atoms. The predicted octanol–water partition coefficient (Wildman–Crippen LogP) is 4.43. The lowest BCUT2D eigenvalue weighted by Crippen LogP contribution is -2.26. The van der Waals surface area contributed by atoms with Gasteiger partial charge in [0.2, 0.25) is 0 Å². The summed E-state index contributed by atoms with van der Waals surface area (Å²) in [6.45, 7) is 1.88. The Bertz CT molecular complexity index is 865. The highest BCUT2D eigenvalue weighted by Crippen LogP contribution is 2.17. The molecule has 0 saturated heterocycles. The molecule has 0 aliphatic carbocycles. The molecule has 0 saturated carbocycles. The van der Waals surface area contributed by atoms with E-state index in [0.717, 1.165) is 5.56 Å². The number of carbonyl (C=O) groups excluding carboxylic acids is 1. The Labute approximate surface area is 149 Å². The highest BCUT2D eigenvalue weighted by atomic mass is 35.5. The normalized spacial score (nSPS) is 11.8. The van der Waals surface area contributed by atoms with Crippen LogP contribution in [0.3, 0.4) is 0 Å². The maximum absolute atomic E-state index is 13.0. The number of nitrogens with one attached hydrogen (secondary N) is 1. The summed E-state index contributed by atoms with van der Waals surface area (Å²) in [7, 11) is 0. The first-order valence-corrected chi connectivity index (χ1v) is 8.05. The third-order valence-electron chi connectivity index (χ3n) is 3.73. The smallest absolute Gasteiger partial charge is 0.254 e. The van der Waals surface area contributed by atoms with E-state index in [9.17, 15) is 9.18 Å². The van der Waals surface area contributed by atoms with E-state index in [0.29, 0.717) is 22.0 Å². The molecule has 1 N–H and O–H groups in total. The van der Waals surface area contributed by atoms with Crippen LogP contribution < -0.4 is 5.32 Å². The SMILES string of the molecule is C[C@H](NC(=O)c1cnc(-c2ccc(F)cc2)nc1)c1ccc(Cl)cc1. The van der Waals surface area contributed by atoms with Gasteiger partial charge in [-0.2, -0.15) is 0 Å². The molecule has 126 valence electrons. The summed E-state index contributed by atoms with van der Waals surface area (Å²) in [4.78, 5) is 20.7. The molecular weight excluding hydrogens is 341 g/mol. The minimum atomic E-state index is -0.323. The average molecular weight is 356 g/mol. The monoisotopic (exact) mass is 355 g/mol. The first kappa shape index (κ1) is 17.0. The van der Waals surface area contributed by atoms with Gasteiger partial charge in [-0.15, -0.1) is 0 Å². The molecule has 1 aromatic heterocycles. The minimum Gasteiger partial charge on any atom is -0.345 e. The minimum absolute atomic E-state index is 0.179. The van der Waals surface area contributed by atoms with Crippen molar-refractivity contribution in [2.75, 3.05) is 0 Å². The molecule has 1 amide bonds. The number of benzene rings is 2. The van der Waals surface area contributed by atoms with E-state index in [1.807, 2.05) is 19.1 Å². The molecule has 2 aromatic carbocycles. The van der Waals surface area contributed by atoms with Gasteiger partial charge in [-0.05, 0) is 48.9 Å². The molecule has 0 radical (unpaired) electrons. The summed E-state index contributed by atoms with van der Waals surface area (Å²) in [6.07, 6.45) is 2.91. The summed E-state index contributed by atoms with van der Waals surface area (Å²) in [5, 5.41) is 3.53. The van der Waals surface area contributed by atoms with Crippen LogP contribution in [-0.2, 0) is 0 Å². The van der Waals surface area contributed by atoms with E-state index in [1.54, 1.807) is 24.3 Å². The molecule has 6 heteroatoms. The van der Waals surface area contributed by atoms with E-state index in [2.05, 4.69) is 15.3 Å². The average Bonchev–Trinajstić information content (AvgIpc) is 2.63. The van der Waals surface area contributed by atoms with Crippen LogP contribution in [0.5, 0.6) is 0 Å². The van der Waals surface area contributed by atoms with Gasteiger partial charge in [0.05, 0.1) is 11.6 Å². The second-order valence-corrected chi connectivity index (χ2v) is 5.99. The number of hydrogen-bond acceptors (Lipinski definition) is 3. The number of halogens is 2. The van der Waals surface area contributed by atoms with E-state index in [1.165, 1.54) is 24.5 Å². The van der Waals surface area contributed by atoms with Gasteiger partial charge in [0.25, 0.3) is 5.91 Å². The van der Waals surface area contributed by atoms with Gasteiger partial charge in [0, 0.05) is 23.0 Å². The molecule has 3 aromatic rings. The quantitative estimate of drug-likeness (QED) is 0.753. The number of amides is 1. The van der Waals surface area contributed by atoms with Crippen LogP contribution in [0.4, 0.5) is 4.39 Å². The lowest BCUT2D eigenvalue weighted by atomic mass is 10.1. The van der Waals surface area contributed by atoms with Crippen molar-refractivity contribution in [3.63, 3.8) is 0 Å². The van der Waals surface area contributed by atoms with Gasteiger partial charge in [0.15, 0.2) is 5.82 Å². The Morgan fingerprint density at radius 3 is 2.24 bits per heavy atom. The lowest BCUT2D eigenvalue weighted by Gasteiger charge is -2.14. The van der Waals surface area contributed by atoms with Crippen molar-refractivity contribution in [3.05, 3.63) is 82.9 Å². The number of hydrogen-bond donors (Lipinski definition) is 1. The van der Waals surface area contributed by atoms with Gasteiger partial charge in [-0.3, -0.25) is 4.79 Å². The van der Waals surface area contributed by atoms with Crippen LogP contribution in [0.15, 0.2) is 60.9 Å². The van der Waals surface area contributed by atoms with Gasteiger partial charge >= 0.3 is 0 Å². The Hall–Kier alpha value is -2.79. The fourth-order valence-corrected chi connectivity index (χ4v) is 2.43. The van der Waals surface area contributed by atoms with Crippen LogP contribution in [0, 0.1) is 5.82 Å². The number of nitrogens with zero attached hydrogens (tertiary/aromatic N) is 2. The number of aromatic nitrogens is 2. The number of rotatable bonds is 4. The van der Waals surface area contributed by atoms with Crippen molar-refractivity contribution in [2.24, 2.45) is 0 Å². The van der Waals surface area contributed by atoms with Crippen molar-refractivity contribution < 1.29 is 9.18 Å². The van der Waals surface area contributed by atoms with Gasteiger partial charge in [-0.25, -0.2) is 14.4 Å². The molecule has 0 unspecified atom stereocenters. The maximum atomic E-state index is 13.0. The highest BCUT2D eigenvalue weighted by Gasteiger charge is 2.13. The van der Waals surface area contributed by atoms with E-state index in [4.69, 9.17) is 11.6 Å². The standard InChI is InChI=1S/C19H15ClFN3O/c1-12(13-2-6-16(20)7-3-13)24-19(25)15-10-22-18(23-11-15)14-4-8-17(21)9-5-14/h2-12H,1H3,(H,24,25)/t12-/m0/s1. The molecular formula is C19H15ClFN3O. The Balaban J connectivity index is 1.70. The van der Waals surface area contributed by atoms with Crippen molar-refractivity contribution in [1.29, 1.82) is 0 Å². The summed E-state index contributed by atoms with van der Waals surface area (Å²) >= 11 is 5.87. The van der Waals surface area contributed by atoms with Crippen molar-refractivity contribution in [3.8, 4) is 11.4 Å². The second kappa shape index (κ2) is 7.40. The van der Waals surface area contributed by atoms with E-state index < -0.39 is 0 Å². The van der Waals surface area contributed by atoms with Crippen molar-refractivity contribution in [1.82, 2.24) is 15.3 Å². The van der Waals surface area contributed by atoms with Crippen LogP contribution in [0.2, 0.25) is 5.02 Å². The number of carbonyl (C=O) groups is 1. The Kier molecular flexibility index (Phi) is 5.05. The van der Waals surface area contributed by atoms with Crippen LogP contribution in [0.25, 0.3) is 11.4 Å². The molecule has 0 fully saturated rings. The zero-order chi connectivity index (χ0) is 17.8. The third kappa shape index (κ3) is 4.19. The summed E-state index contributed by atoms with van der Waals surface area (Å²) in [5.74, 6) is -0.161. The van der Waals surface area contributed by atoms with Crippen molar-refractivity contribution >= 4 is 17.5 Å². The molecule has 4 nitrogen and oxygen atoms in total. The van der Waals surface area contributed by atoms with Gasteiger partial charge in [-0.1, -0.05) is 23.7 Å². The van der Waals surface area contributed by atoms with Crippen LogP contribution in [-0.4, -0.2) is 15.9 Å². The van der Waals surface area contributed by atoms with Crippen molar-refractivity contribution in [2.45, 2.75) is 13.0 Å². The summed E-state index contributed by atoms with van der Waals surface area (Å²) in [5.41, 5.74) is 1.98. The first-order valence-electron chi connectivity index (χ1n) is 7.67. The topological polar surface area (TPSA) is 54.9 Å². The van der Waals surface area contributed by atoms with E-state index >= 15 is 0 Å². The van der Waals surface area contributed by atoms with Gasteiger partial charge < -0.3 is 5.32 Å². The largest absolute Gasteiger partial charge is 0.345 e. The molecule has 1 heterocycles. The first-order chi connectivity index (χ1) is 12.0. The fourth-order valence-electron chi connectivity index (χ4n) is 2.31. The lowest BCUT2D eigenvalue weighted by molar-refractivity contribution is 0.0939. The Morgan fingerprint density at radius 2 is 1.64 bits per heavy atom. The highest BCUT2D eigenvalue weighted by molar-refractivity contribution is 6.30. The molecule has 3 rings (SSSR count). The second-order valence-electron chi connectivity index (χ2n) is 5.55. The summed E-state index contributed by atoms with van der Waals surface area (Å²) < 4.78 is 13.0. The van der Waals surface area contributed by atoms with Crippen LogP contribution in [0.1, 0.15) is 28.9 Å².